The van der Waals surface area contributed by atoms with Gasteiger partial charge in [0.1, 0.15) is 0 Å². The summed E-state index contributed by atoms with van der Waals surface area (Å²) >= 11 is 0. The van der Waals surface area contributed by atoms with Gasteiger partial charge in [0.2, 0.25) is 0 Å². The number of benzene rings is 1. The predicted octanol–water partition coefficient (Wildman–Crippen LogP) is 2.55. The first-order valence-electron chi connectivity index (χ1n) is 6.72. The summed E-state index contributed by atoms with van der Waals surface area (Å²) in [5.41, 5.74) is 3.97. The standard InChI is InChI=1S/C15H21N3O/c1-3-14(19-4-2)15(18-16)13-10-17-9-11-7-5-6-8-12(11)13/h5-10,14-15,18H,3-4,16H2,1-2H3. The van der Waals surface area contributed by atoms with Gasteiger partial charge in [-0.2, -0.15) is 0 Å². The van der Waals surface area contributed by atoms with E-state index in [9.17, 15) is 0 Å². The number of nitrogens with one attached hydrogen (secondary N) is 1. The van der Waals surface area contributed by atoms with Gasteiger partial charge in [-0.15, -0.1) is 0 Å². The fourth-order valence-electron chi connectivity index (χ4n) is 2.45. The number of nitrogens with two attached hydrogens (primary N) is 1. The number of hydrogen-bond acceptors (Lipinski definition) is 4. The molecule has 1 aromatic carbocycles. The third kappa shape index (κ3) is 2.92. The molecule has 4 nitrogen and oxygen atoms in total. The molecule has 0 saturated carbocycles. The Morgan fingerprint density at radius 1 is 1.26 bits per heavy atom. The quantitative estimate of drug-likeness (QED) is 0.618. The van der Waals surface area contributed by atoms with Crippen molar-refractivity contribution in [2.75, 3.05) is 6.61 Å². The van der Waals surface area contributed by atoms with Crippen LogP contribution in [0.15, 0.2) is 36.7 Å². The van der Waals surface area contributed by atoms with E-state index >= 15 is 0 Å². The highest BCUT2D eigenvalue weighted by Crippen LogP contribution is 2.27. The van der Waals surface area contributed by atoms with Crippen molar-refractivity contribution in [3.63, 3.8) is 0 Å². The summed E-state index contributed by atoms with van der Waals surface area (Å²) in [6, 6.07) is 8.14. The van der Waals surface area contributed by atoms with Gasteiger partial charge in [-0.05, 0) is 24.3 Å². The number of nitrogens with zero attached hydrogens (tertiary/aromatic N) is 1. The molecular formula is C15H21N3O. The van der Waals surface area contributed by atoms with Crippen molar-refractivity contribution in [2.24, 2.45) is 5.84 Å². The lowest BCUT2D eigenvalue weighted by Gasteiger charge is -2.26. The molecule has 4 heteroatoms. The SMILES string of the molecule is CCOC(CC)C(NN)c1cncc2ccccc12. The second kappa shape index (κ2) is 6.61. The van der Waals surface area contributed by atoms with E-state index in [2.05, 4.69) is 29.5 Å². The number of rotatable bonds is 6. The molecule has 0 saturated heterocycles. The highest BCUT2D eigenvalue weighted by Gasteiger charge is 2.22. The summed E-state index contributed by atoms with van der Waals surface area (Å²) in [5.74, 6) is 5.74. The Morgan fingerprint density at radius 3 is 2.74 bits per heavy atom. The molecule has 2 aromatic rings. The molecule has 0 aliphatic heterocycles. The smallest absolute Gasteiger partial charge is 0.0780 e. The Morgan fingerprint density at radius 2 is 2.05 bits per heavy atom. The monoisotopic (exact) mass is 259 g/mol. The predicted molar refractivity (Wildman–Crippen MR) is 77.5 cm³/mol. The van der Waals surface area contributed by atoms with Crippen LogP contribution in [-0.4, -0.2) is 17.7 Å². The summed E-state index contributed by atoms with van der Waals surface area (Å²) in [6.45, 7) is 4.77. The third-order valence-corrected chi connectivity index (χ3v) is 3.37. The van der Waals surface area contributed by atoms with E-state index < -0.39 is 0 Å². The zero-order valence-corrected chi connectivity index (χ0v) is 11.5. The maximum Gasteiger partial charge on any atom is 0.0780 e. The summed E-state index contributed by atoms with van der Waals surface area (Å²) in [6.07, 6.45) is 4.68. The van der Waals surface area contributed by atoms with Gasteiger partial charge < -0.3 is 4.74 Å². The van der Waals surface area contributed by atoms with Gasteiger partial charge in [-0.3, -0.25) is 16.3 Å². The molecular weight excluding hydrogens is 238 g/mol. The van der Waals surface area contributed by atoms with Crippen molar-refractivity contribution in [1.29, 1.82) is 0 Å². The van der Waals surface area contributed by atoms with Crippen molar-refractivity contribution < 1.29 is 4.74 Å². The van der Waals surface area contributed by atoms with Crippen LogP contribution in [0, 0.1) is 0 Å². The maximum atomic E-state index is 5.78. The first-order valence-corrected chi connectivity index (χ1v) is 6.72. The maximum absolute atomic E-state index is 5.78. The Kier molecular flexibility index (Phi) is 4.85. The van der Waals surface area contributed by atoms with E-state index in [0.29, 0.717) is 6.61 Å². The first-order chi connectivity index (χ1) is 9.31. The molecule has 1 aromatic heterocycles. The van der Waals surface area contributed by atoms with Crippen LogP contribution in [0.5, 0.6) is 0 Å². The van der Waals surface area contributed by atoms with Gasteiger partial charge >= 0.3 is 0 Å². The molecule has 0 spiro atoms. The third-order valence-electron chi connectivity index (χ3n) is 3.37. The van der Waals surface area contributed by atoms with Crippen molar-refractivity contribution in [1.82, 2.24) is 10.4 Å². The van der Waals surface area contributed by atoms with Crippen LogP contribution in [0.25, 0.3) is 10.8 Å². The number of hydrogen-bond donors (Lipinski definition) is 2. The topological polar surface area (TPSA) is 60.2 Å². The molecule has 0 fully saturated rings. The van der Waals surface area contributed by atoms with E-state index in [4.69, 9.17) is 10.6 Å². The zero-order chi connectivity index (χ0) is 13.7. The Labute approximate surface area is 113 Å². The highest BCUT2D eigenvalue weighted by atomic mass is 16.5. The molecule has 1 heterocycles. The van der Waals surface area contributed by atoms with Crippen LogP contribution in [0.1, 0.15) is 31.9 Å². The van der Waals surface area contributed by atoms with Crippen LogP contribution < -0.4 is 11.3 Å². The second-order valence-electron chi connectivity index (χ2n) is 4.50. The Hall–Kier alpha value is -1.49. The molecule has 0 aliphatic carbocycles. The van der Waals surface area contributed by atoms with Gasteiger partial charge in [-0.1, -0.05) is 31.2 Å². The van der Waals surface area contributed by atoms with Crippen molar-refractivity contribution in [2.45, 2.75) is 32.4 Å². The van der Waals surface area contributed by atoms with Gasteiger partial charge in [0.15, 0.2) is 0 Å². The average Bonchev–Trinajstić information content (AvgIpc) is 2.47. The fourth-order valence-corrected chi connectivity index (χ4v) is 2.45. The molecule has 2 rings (SSSR count). The lowest BCUT2D eigenvalue weighted by atomic mass is 9.97. The minimum atomic E-state index is -0.0523. The lowest BCUT2D eigenvalue weighted by Crippen LogP contribution is -2.38. The highest BCUT2D eigenvalue weighted by molar-refractivity contribution is 5.85. The number of aromatic nitrogens is 1. The zero-order valence-electron chi connectivity index (χ0n) is 11.5. The van der Waals surface area contributed by atoms with E-state index in [0.717, 1.165) is 17.4 Å². The number of pyridine rings is 1. The molecule has 3 N–H and O–H groups in total. The number of ether oxygens (including phenoxy) is 1. The molecule has 2 atom stereocenters. The van der Waals surface area contributed by atoms with Crippen LogP contribution in [-0.2, 0) is 4.74 Å². The van der Waals surface area contributed by atoms with E-state index in [-0.39, 0.29) is 12.1 Å². The van der Waals surface area contributed by atoms with Crippen LogP contribution in [0.2, 0.25) is 0 Å². The van der Waals surface area contributed by atoms with Crippen LogP contribution in [0.4, 0.5) is 0 Å². The van der Waals surface area contributed by atoms with E-state index in [1.54, 1.807) is 0 Å². The molecule has 0 aliphatic rings. The van der Waals surface area contributed by atoms with Gasteiger partial charge in [0, 0.05) is 24.4 Å². The lowest BCUT2D eigenvalue weighted by molar-refractivity contribution is 0.0317. The van der Waals surface area contributed by atoms with Crippen LogP contribution in [0.3, 0.4) is 0 Å². The van der Waals surface area contributed by atoms with Crippen molar-refractivity contribution in [3.8, 4) is 0 Å². The summed E-state index contributed by atoms with van der Waals surface area (Å²) in [7, 11) is 0. The second-order valence-corrected chi connectivity index (χ2v) is 4.50. The molecule has 2 unspecified atom stereocenters. The summed E-state index contributed by atoms with van der Waals surface area (Å²) < 4.78 is 5.78. The van der Waals surface area contributed by atoms with Gasteiger partial charge in [-0.25, -0.2) is 0 Å². The van der Waals surface area contributed by atoms with Crippen molar-refractivity contribution in [3.05, 3.63) is 42.2 Å². The molecule has 19 heavy (non-hydrogen) atoms. The first kappa shape index (κ1) is 13.9. The van der Waals surface area contributed by atoms with Gasteiger partial charge in [0.25, 0.3) is 0 Å². The van der Waals surface area contributed by atoms with Gasteiger partial charge in [0.05, 0.1) is 12.1 Å². The minimum Gasteiger partial charge on any atom is -0.376 e. The molecule has 0 radical (unpaired) electrons. The fraction of sp³-hybridized carbons (Fsp3) is 0.400. The summed E-state index contributed by atoms with van der Waals surface area (Å²) in [4.78, 5) is 4.31. The number of fused-ring (bicyclic) bond motifs is 1. The Bertz CT molecular complexity index is 524. The minimum absolute atomic E-state index is 0.0441. The molecule has 102 valence electrons. The Balaban J connectivity index is 2.45. The summed E-state index contributed by atoms with van der Waals surface area (Å²) in [5, 5.41) is 2.28. The van der Waals surface area contributed by atoms with E-state index in [1.807, 2.05) is 31.5 Å². The average molecular weight is 259 g/mol. The van der Waals surface area contributed by atoms with E-state index in [1.165, 1.54) is 5.39 Å². The van der Waals surface area contributed by atoms with Crippen LogP contribution >= 0.6 is 0 Å². The number of hydrazine groups is 1. The normalized spacial score (nSPS) is 14.5. The molecule has 0 amide bonds. The largest absolute Gasteiger partial charge is 0.376 e. The molecule has 0 bridgehead atoms. The van der Waals surface area contributed by atoms with Crippen molar-refractivity contribution >= 4 is 10.8 Å².